The van der Waals surface area contributed by atoms with Crippen LogP contribution in [0, 0.1) is 11.8 Å². The highest BCUT2D eigenvalue weighted by atomic mass is 16.4. The lowest BCUT2D eigenvalue weighted by Crippen LogP contribution is -2.37. The highest BCUT2D eigenvalue weighted by Gasteiger charge is 2.23. The minimum atomic E-state index is -0.807. The number of hydrogen-bond acceptors (Lipinski definition) is 2. The van der Waals surface area contributed by atoms with E-state index in [2.05, 4.69) is 0 Å². The van der Waals surface area contributed by atoms with Crippen molar-refractivity contribution in [1.29, 1.82) is 0 Å². The van der Waals surface area contributed by atoms with E-state index >= 15 is 0 Å². The molecule has 2 N–H and O–H groups in total. The summed E-state index contributed by atoms with van der Waals surface area (Å²) >= 11 is 0. The summed E-state index contributed by atoms with van der Waals surface area (Å²) < 4.78 is 0. The Labute approximate surface area is 84.5 Å². The standard InChI is InChI=1S/C10H19NO3/c1-8(7-12)6-9-2-4-11(5-3-9)10(13)14/h8-9,12H,2-7H2,1H3,(H,13,14). The Morgan fingerprint density at radius 2 is 2.07 bits per heavy atom. The molecular weight excluding hydrogens is 182 g/mol. The fraction of sp³-hybridized carbons (Fsp3) is 0.900. The van der Waals surface area contributed by atoms with E-state index in [9.17, 15) is 4.79 Å². The molecule has 1 fully saturated rings. The maximum atomic E-state index is 10.6. The molecule has 1 saturated heterocycles. The van der Waals surface area contributed by atoms with Crippen molar-refractivity contribution in [2.75, 3.05) is 19.7 Å². The van der Waals surface area contributed by atoms with Crippen molar-refractivity contribution in [2.24, 2.45) is 11.8 Å². The maximum absolute atomic E-state index is 10.6. The largest absolute Gasteiger partial charge is 0.465 e. The summed E-state index contributed by atoms with van der Waals surface area (Å²) in [5, 5.41) is 17.6. The molecule has 0 spiro atoms. The molecule has 0 aromatic heterocycles. The number of piperidine rings is 1. The van der Waals surface area contributed by atoms with E-state index in [4.69, 9.17) is 10.2 Å². The van der Waals surface area contributed by atoms with Crippen LogP contribution in [0.25, 0.3) is 0 Å². The van der Waals surface area contributed by atoms with Gasteiger partial charge >= 0.3 is 6.09 Å². The first-order valence-corrected chi connectivity index (χ1v) is 5.22. The minimum Gasteiger partial charge on any atom is -0.465 e. The molecule has 82 valence electrons. The Morgan fingerprint density at radius 1 is 1.50 bits per heavy atom. The van der Waals surface area contributed by atoms with Crippen molar-refractivity contribution < 1.29 is 15.0 Å². The van der Waals surface area contributed by atoms with E-state index in [1.54, 1.807) is 0 Å². The second-order valence-electron chi connectivity index (χ2n) is 4.24. The molecule has 1 aliphatic rings. The molecule has 0 bridgehead atoms. The van der Waals surface area contributed by atoms with Gasteiger partial charge in [-0.25, -0.2) is 4.79 Å². The topological polar surface area (TPSA) is 60.8 Å². The van der Waals surface area contributed by atoms with E-state index in [0.717, 1.165) is 19.3 Å². The summed E-state index contributed by atoms with van der Waals surface area (Å²) in [6, 6.07) is 0. The Balaban J connectivity index is 2.25. The Hall–Kier alpha value is -0.770. The SMILES string of the molecule is CC(CO)CC1CCN(C(=O)O)CC1. The predicted molar refractivity (Wildman–Crippen MR) is 53.2 cm³/mol. The van der Waals surface area contributed by atoms with Crippen LogP contribution in [0.4, 0.5) is 4.79 Å². The van der Waals surface area contributed by atoms with E-state index in [0.29, 0.717) is 24.9 Å². The average Bonchev–Trinajstić information content (AvgIpc) is 2.18. The Kier molecular flexibility index (Phi) is 4.20. The van der Waals surface area contributed by atoms with Crippen molar-refractivity contribution >= 4 is 6.09 Å². The van der Waals surface area contributed by atoms with Crippen LogP contribution in [0.5, 0.6) is 0 Å². The Morgan fingerprint density at radius 3 is 2.50 bits per heavy atom. The van der Waals surface area contributed by atoms with Crippen LogP contribution in [0.3, 0.4) is 0 Å². The lowest BCUT2D eigenvalue weighted by Gasteiger charge is -2.31. The monoisotopic (exact) mass is 201 g/mol. The summed E-state index contributed by atoms with van der Waals surface area (Å²) in [6.45, 7) is 3.57. The van der Waals surface area contributed by atoms with Gasteiger partial charge in [0.05, 0.1) is 0 Å². The molecule has 4 nitrogen and oxygen atoms in total. The maximum Gasteiger partial charge on any atom is 0.407 e. The first kappa shape index (κ1) is 11.3. The summed E-state index contributed by atoms with van der Waals surface area (Å²) in [4.78, 5) is 12.1. The molecule has 1 atom stereocenters. The van der Waals surface area contributed by atoms with Gasteiger partial charge in [-0.2, -0.15) is 0 Å². The van der Waals surface area contributed by atoms with Gasteiger partial charge in [0.25, 0.3) is 0 Å². The normalized spacial score (nSPS) is 20.9. The molecule has 1 amide bonds. The van der Waals surface area contributed by atoms with Gasteiger partial charge in [0.2, 0.25) is 0 Å². The summed E-state index contributed by atoms with van der Waals surface area (Å²) in [7, 11) is 0. The minimum absolute atomic E-state index is 0.235. The molecule has 1 aliphatic heterocycles. The number of aliphatic hydroxyl groups is 1. The molecule has 4 heteroatoms. The fourth-order valence-electron chi connectivity index (χ4n) is 2.00. The summed E-state index contributed by atoms with van der Waals surface area (Å²) in [6.07, 6.45) is 2.09. The van der Waals surface area contributed by atoms with E-state index in [-0.39, 0.29) is 6.61 Å². The number of rotatable bonds is 3. The zero-order valence-corrected chi connectivity index (χ0v) is 8.65. The highest BCUT2D eigenvalue weighted by Crippen LogP contribution is 2.23. The molecule has 0 aromatic rings. The number of hydrogen-bond donors (Lipinski definition) is 2. The second-order valence-corrected chi connectivity index (χ2v) is 4.24. The van der Waals surface area contributed by atoms with Crippen molar-refractivity contribution in [3.63, 3.8) is 0 Å². The van der Waals surface area contributed by atoms with Gasteiger partial charge in [0.15, 0.2) is 0 Å². The first-order valence-electron chi connectivity index (χ1n) is 5.22. The lowest BCUT2D eigenvalue weighted by molar-refractivity contribution is 0.116. The van der Waals surface area contributed by atoms with Crippen LogP contribution in [0.1, 0.15) is 26.2 Å². The predicted octanol–water partition coefficient (Wildman–Crippen LogP) is 1.39. The summed E-state index contributed by atoms with van der Waals surface area (Å²) in [5.74, 6) is 0.934. The van der Waals surface area contributed by atoms with Gasteiger partial charge in [-0.1, -0.05) is 6.92 Å². The smallest absolute Gasteiger partial charge is 0.407 e. The number of aliphatic hydroxyl groups excluding tert-OH is 1. The fourth-order valence-corrected chi connectivity index (χ4v) is 2.00. The molecule has 1 rings (SSSR count). The van der Waals surface area contributed by atoms with Gasteiger partial charge < -0.3 is 15.1 Å². The van der Waals surface area contributed by atoms with E-state index in [1.807, 2.05) is 6.92 Å². The van der Waals surface area contributed by atoms with E-state index in [1.165, 1.54) is 4.90 Å². The molecule has 1 unspecified atom stereocenters. The summed E-state index contributed by atoms with van der Waals surface area (Å²) in [5.41, 5.74) is 0. The number of nitrogens with zero attached hydrogens (tertiary/aromatic N) is 1. The first-order chi connectivity index (χ1) is 6.63. The average molecular weight is 201 g/mol. The van der Waals surface area contributed by atoms with Crippen LogP contribution < -0.4 is 0 Å². The van der Waals surface area contributed by atoms with Gasteiger partial charge in [-0.3, -0.25) is 0 Å². The van der Waals surface area contributed by atoms with Crippen molar-refractivity contribution in [1.82, 2.24) is 4.90 Å². The zero-order valence-electron chi connectivity index (χ0n) is 8.65. The Bertz CT molecular complexity index is 188. The number of likely N-dealkylation sites (tertiary alicyclic amines) is 1. The quantitative estimate of drug-likeness (QED) is 0.725. The van der Waals surface area contributed by atoms with Crippen molar-refractivity contribution in [2.45, 2.75) is 26.2 Å². The van der Waals surface area contributed by atoms with Gasteiger partial charge in [-0.05, 0) is 31.1 Å². The van der Waals surface area contributed by atoms with Crippen LogP contribution in [0.15, 0.2) is 0 Å². The molecule has 0 aliphatic carbocycles. The van der Waals surface area contributed by atoms with Gasteiger partial charge in [-0.15, -0.1) is 0 Å². The van der Waals surface area contributed by atoms with E-state index < -0.39 is 6.09 Å². The zero-order chi connectivity index (χ0) is 10.6. The molecule has 14 heavy (non-hydrogen) atoms. The van der Waals surface area contributed by atoms with Crippen LogP contribution in [0.2, 0.25) is 0 Å². The lowest BCUT2D eigenvalue weighted by atomic mass is 9.88. The molecular formula is C10H19NO3. The third-order valence-electron chi connectivity index (χ3n) is 2.93. The number of carbonyl (C=O) groups is 1. The van der Waals surface area contributed by atoms with Crippen LogP contribution in [-0.2, 0) is 0 Å². The highest BCUT2D eigenvalue weighted by molar-refractivity contribution is 5.64. The third-order valence-corrected chi connectivity index (χ3v) is 2.93. The third kappa shape index (κ3) is 3.18. The second kappa shape index (κ2) is 5.20. The number of carboxylic acid groups (broad SMARTS) is 1. The van der Waals surface area contributed by atoms with Crippen molar-refractivity contribution in [3.8, 4) is 0 Å². The number of amides is 1. The van der Waals surface area contributed by atoms with Crippen LogP contribution in [-0.4, -0.2) is 40.9 Å². The van der Waals surface area contributed by atoms with Crippen LogP contribution >= 0.6 is 0 Å². The molecule has 0 radical (unpaired) electrons. The van der Waals surface area contributed by atoms with Crippen molar-refractivity contribution in [3.05, 3.63) is 0 Å². The molecule has 0 aromatic carbocycles. The molecule has 0 saturated carbocycles. The molecule has 1 heterocycles. The van der Waals surface area contributed by atoms with Gasteiger partial charge in [0.1, 0.15) is 0 Å². The van der Waals surface area contributed by atoms with Gasteiger partial charge in [0, 0.05) is 19.7 Å².